The number of nitrogens with one attached hydrogen (secondary N) is 1. The Morgan fingerprint density at radius 3 is 2.22 bits per heavy atom. The summed E-state index contributed by atoms with van der Waals surface area (Å²) in [6.07, 6.45) is 3.69. The van der Waals surface area contributed by atoms with Crippen molar-refractivity contribution < 1.29 is 23.6 Å². The van der Waals surface area contributed by atoms with Crippen LogP contribution in [0.3, 0.4) is 0 Å². The number of carboxylic acids is 1. The molecular formula is C33H38N2O5S. The van der Waals surface area contributed by atoms with Crippen molar-refractivity contribution in [2.24, 2.45) is 11.8 Å². The molecule has 0 radical (unpaired) electrons. The number of aliphatic carboxylic acids is 1. The minimum atomic E-state index is -1.33. The molecule has 3 aromatic carbocycles. The van der Waals surface area contributed by atoms with Gasteiger partial charge in [-0.2, -0.15) is 0 Å². The van der Waals surface area contributed by atoms with Gasteiger partial charge in [0.15, 0.2) is 0 Å². The van der Waals surface area contributed by atoms with Crippen molar-refractivity contribution in [2.45, 2.75) is 56.0 Å². The first-order chi connectivity index (χ1) is 19.9. The smallest absolute Gasteiger partial charge is 0.306 e. The Labute approximate surface area is 244 Å². The van der Waals surface area contributed by atoms with Gasteiger partial charge in [-0.25, -0.2) is 8.93 Å². The molecule has 2 N–H and O–H groups in total. The number of carbonyl (C=O) groups is 2. The highest BCUT2D eigenvalue weighted by Crippen LogP contribution is 2.32. The first-order valence-electron chi connectivity index (χ1n) is 14.4. The van der Waals surface area contributed by atoms with Crippen LogP contribution in [0.25, 0.3) is 11.1 Å². The van der Waals surface area contributed by atoms with E-state index in [1.54, 1.807) is 6.92 Å². The highest BCUT2D eigenvalue weighted by atomic mass is 32.2. The Morgan fingerprint density at radius 2 is 1.59 bits per heavy atom. The van der Waals surface area contributed by atoms with Gasteiger partial charge in [0.2, 0.25) is 5.91 Å². The molecule has 3 aromatic rings. The van der Waals surface area contributed by atoms with Crippen molar-refractivity contribution in [3.8, 4) is 11.1 Å². The zero-order valence-electron chi connectivity index (χ0n) is 23.4. The van der Waals surface area contributed by atoms with E-state index in [0.29, 0.717) is 26.2 Å². The number of amides is 1. The van der Waals surface area contributed by atoms with Crippen LogP contribution in [-0.4, -0.2) is 51.9 Å². The standard InChI is InChI=1S/C33H38N2O5S/c1-23(33(37)38)21-24-7-9-25(10-8-24)26-13-17-30(18-14-26)41(39)34-29-15-11-28(12-16-29)32(36)35-19-20-40-22-31(35)27-5-3-2-4-6-27/h2-10,13-14,17-18,23,28-29,31,34H,11-12,15-16,19-22H2,1H3,(H,37,38). The number of ether oxygens (including phenoxy) is 1. The van der Waals surface area contributed by atoms with E-state index in [1.165, 1.54) is 0 Å². The lowest BCUT2D eigenvalue weighted by Gasteiger charge is -2.39. The second-order valence-corrected chi connectivity index (χ2v) is 12.4. The maximum absolute atomic E-state index is 13.5. The van der Waals surface area contributed by atoms with E-state index in [2.05, 4.69) is 16.9 Å². The summed E-state index contributed by atoms with van der Waals surface area (Å²) in [5, 5.41) is 9.13. The van der Waals surface area contributed by atoms with Crippen molar-refractivity contribution in [3.05, 3.63) is 90.0 Å². The molecule has 216 valence electrons. The molecule has 1 aliphatic carbocycles. The van der Waals surface area contributed by atoms with E-state index in [9.17, 15) is 13.8 Å². The largest absolute Gasteiger partial charge is 0.481 e. The molecule has 2 fully saturated rings. The molecule has 2 aliphatic rings. The van der Waals surface area contributed by atoms with Crippen molar-refractivity contribution in [1.29, 1.82) is 0 Å². The number of hydrogen-bond acceptors (Lipinski definition) is 4. The van der Waals surface area contributed by atoms with Gasteiger partial charge in [0, 0.05) is 18.5 Å². The molecule has 8 heteroatoms. The van der Waals surface area contributed by atoms with Crippen LogP contribution in [0.1, 0.15) is 49.8 Å². The highest BCUT2D eigenvalue weighted by molar-refractivity contribution is 7.83. The number of morpholine rings is 1. The lowest BCUT2D eigenvalue weighted by Crippen LogP contribution is -2.47. The molecular weight excluding hydrogens is 536 g/mol. The van der Waals surface area contributed by atoms with Gasteiger partial charge >= 0.3 is 5.97 Å². The van der Waals surface area contributed by atoms with Crippen LogP contribution in [0.4, 0.5) is 0 Å². The number of carboxylic acid groups (broad SMARTS) is 1. The first kappa shape index (κ1) is 29.2. The van der Waals surface area contributed by atoms with Crippen LogP contribution >= 0.6 is 0 Å². The van der Waals surface area contributed by atoms with Crippen molar-refractivity contribution in [3.63, 3.8) is 0 Å². The van der Waals surface area contributed by atoms with Crippen LogP contribution < -0.4 is 4.72 Å². The summed E-state index contributed by atoms with van der Waals surface area (Å²) in [7, 11) is -1.33. The molecule has 7 nitrogen and oxygen atoms in total. The van der Waals surface area contributed by atoms with E-state index in [1.807, 2.05) is 71.6 Å². The quantitative estimate of drug-likeness (QED) is 0.357. The molecule has 0 spiro atoms. The van der Waals surface area contributed by atoms with Crippen LogP contribution in [0, 0.1) is 11.8 Å². The fourth-order valence-electron chi connectivity index (χ4n) is 5.78. The molecule has 1 saturated heterocycles. The predicted molar refractivity (Wildman–Crippen MR) is 159 cm³/mol. The third-order valence-corrected chi connectivity index (χ3v) is 9.51. The maximum atomic E-state index is 13.5. The number of nitrogens with zero attached hydrogens (tertiary/aromatic N) is 1. The van der Waals surface area contributed by atoms with E-state index in [-0.39, 0.29) is 23.9 Å². The second-order valence-electron chi connectivity index (χ2n) is 11.1. The summed E-state index contributed by atoms with van der Waals surface area (Å²) in [6.45, 7) is 3.43. The zero-order valence-corrected chi connectivity index (χ0v) is 24.2. The highest BCUT2D eigenvalue weighted by Gasteiger charge is 2.35. The van der Waals surface area contributed by atoms with Gasteiger partial charge < -0.3 is 14.7 Å². The zero-order chi connectivity index (χ0) is 28.8. The summed E-state index contributed by atoms with van der Waals surface area (Å²) in [5.41, 5.74) is 4.14. The van der Waals surface area contributed by atoms with Gasteiger partial charge in [0.1, 0.15) is 11.0 Å². The average Bonchev–Trinajstić information content (AvgIpc) is 3.02. The maximum Gasteiger partial charge on any atom is 0.306 e. The molecule has 3 atom stereocenters. The van der Waals surface area contributed by atoms with Gasteiger partial charge in [0.05, 0.1) is 30.1 Å². The van der Waals surface area contributed by atoms with Gasteiger partial charge in [-0.1, -0.05) is 73.7 Å². The van der Waals surface area contributed by atoms with Crippen LogP contribution in [-0.2, 0) is 31.7 Å². The summed E-state index contributed by atoms with van der Waals surface area (Å²) in [4.78, 5) is 27.3. The van der Waals surface area contributed by atoms with Gasteiger partial charge in [-0.15, -0.1) is 0 Å². The summed E-state index contributed by atoms with van der Waals surface area (Å²) in [6, 6.07) is 25.8. The first-order valence-corrected chi connectivity index (χ1v) is 15.6. The topological polar surface area (TPSA) is 95.9 Å². The van der Waals surface area contributed by atoms with Crippen molar-refractivity contribution >= 4 is 22.9 Å². The minimum Gasteiger partial charge on any atom is -0.481 e. The van der Waals surface area contributed by atoms with E-state index >= 15 is 0 Å². The number of hydrogen-bond donors (Lipinski definition) is 2. The Hall–Kier alpha value is -3.33. The van der Waals surface area contributed by atoms with Gasteiger partial charge in [0.25, 0.3) is 0 Å². The lowest BCUT2D eigenvalue weighted by atomic mass is 9.85. The minimum absolute atomic E-state index is 0.0104. The molecule has 3 unspecified atom stereocenters. The molecule has 5 rings (SSSR count). The average molecular weight is 575 g/mol. The number of carbonyl (C=O) groups excluding carboxylic acids is 1. The Kier molecular flexibility index (Phi) is 9.64. The fraction of sp³-hybridized carbons (Fsp3) is 0.394. The SMILES string of the molecule is CC(Cc1ccc(-c2ccc(S(=O)NC3CCC(C(=O)N4CCOCC4c4ccccc4)CC3)cc2)cc1)C(=O)O. The molecule has 1 amide bonds. The van der Waals surface area contributed by atoms with E-state index in [0.717, 1.165) is 52.8 Å². The third-order valence-electron chi connectivity index (χ3n) is 8.27. The molecule has 1 aliphatic heterocycles. The summed E-state index contributed by atoms with van der Waals surface area (Å²) >= 11 is 0. The Balaban J connectivity index is 1.12. The molecule has 1 saturated carbocycles. The Morgan fingerprint density at radius 1 is 0.951 bits per heavy atom. The third kappa shape index (κ3) is 7.31. The summed E-state index contributed by atoms with van der Waals surface area (Å²) in [5.74, 6) is -1.02. The predicted octanol–water partition coefficient (Wildman–Crippen LogP) is 5.39. The summed E-state index contributed by atoms with van der Waals surface area (Å²) < 4.78 is 22.1. The van der Waals surface area contributed by atoms with Crippen LogP contribution in [0.2, 0.25) is 0 Å². The monoisotopic (exact) mass is 574 g/mol. The van der Waals surface area contributed by atoms with Crippen molar-refractivity contribution in [1.82, 2.24) is 9.62 Å². The number of benzene rings is 3. The fourth-order valence-corrected chi connectivity index (χ4v) is 6.83. The Bertz CT molecular complexity index is 1340. The lowest BCUT2D eigenvalue weighted by molar-refractivity contribution is -0.146. The normalized spacial score (nSPS) is 22.6. The van der Waals surface area contributed by atoms with Crippen LogP contribution in [0.15, 0.2) is 83.8 Å². The molecule has 0 bridgehead atoms. The second kappa shape index (κ2) is 13.6. The molecule has 1 heterocycles. The molecule has 41 heavy (non-hydrogen) atoms. The molecule has 0 aromatic heterocycles. The van der Waals surface area contributed by atoms with Gasteiger partial charge in [-0.3, -0.25) is 9.59 Å². The van der Waals surface area contributed by atoms with E-state index in [4.69, 9.17) is 9.84 Å². The van der Waals surface area contributed by atoms with Crippen molar-refractivity contribution in [2.75, 3.05) is 19.8 Å². The van der Waals surface area contributed by atoms with Crippen LogP contribution in [0.5, 0.6) is 0 Å². The van der Waals surface area contributed by atoms with Gasteiger partial charge in [-0.05, 0) is 66.5 Å². The number of rotatable bonds is 9. The van der Waals surface area contributed by atoms with E-state index < -0.39 is 22.9 Å².